The SMILES string of the molecule is CCc1nn(C2C3CC4CC(C3)CC2C4)cc1C(=O)O. The largest absolute Gasteiger partial charge is 0.478 e. The predicted octanol–water partition coefficient (Wildman–Crippen LogP) is 3.14. The quantitative estimate of drug-likeness (QED) is 0.921. The maximum Gasteiger partial charge on any atom is 0.339 e. The maximum absolute atomic E-state index is 11.3. The van der Waals surface area contributed by atoms with Crippen molar-refractivity contribution in [1.29, 1.82) is 0 Å². The van der Waals surface area contributed by atoms with E-state index in [1.165, 1.54) is 32.1 Å². The van der Waals surface area contributed by atoms with Crippen LogP contribution < -0.4 is 0 Å². The summed E-state index contributed by atoms with van der Waals surface area (Å²) in [6.45, 7) is 1.98. The second-order valence-electron chi connectivity index (χ2n) is 7.05. The van der Waals surface area contributed by atoms with E-state index in [9.17, 15) is 9.90 Å². The molecule has 0 unspecified atom stereocenters. The third-order valence-corrected chi connectivity index (χ3v) is 5.86. The van der Waals surface area contributed by atoms with Crippen LogP contribution in [0.4, 0.5) is 0 Å². The molecule has 1 aromatic rings. The normalized spacial score (nSPS) is 38.4. The van der Waals surface area contributed by atoms with Gasteiger partial charge in [-0.3, -0.25) is 4.68 Å². The van der Waals surface area contributed by atoms with Gasteiger partial charge < -0.3 is 5.11 Å². The summed E-state index contributed by atoms with van der Waals surface area (Å²) in [6, 6.07) is 0.459. The van der Waals surface area contributed by atoms with Gasteiger partial charge in [-0.1, -0.05) is 6.92 Å². The van der Waals surface area contributed by atoms with E-state index < -0.39 is 5.97 Å². The third kappa shape index (κ3) is 1.73. The number of hydrogen-bond donors (Lipinski definition) is 1. The van der Waals surface area contributed by atoms with Gasteiger partial charge in [0.25, 0.3) is 0 Å². The van der Waals surface area contributed by atoms with Crippen molar-refractivity contribution in [3.05, 3.63) is 17.5 Å². The number of aromatic carboxylic acids is 1. The van der Waals surface area contributed by atoms with Gasteiger partial charge in [0.05, 0.1) is 11.7 Å². The molecule has 0 saturated heterocycles. The van der Waals surface area contributed by atoms with Gasteiger partial charge in [-0.2, -0.15) is 5.10 Å². The minimum absolute atomic E-state index is 0.404. The van der Waals surface area contributed by atoms with E-state index >= 15 is 0 Å². The number of carboxylic acid groups (broad SMARTS) is 1. The number of hydrogen-bond acceptors (Lipinski definition) is 2. The summed E-state index contributed by atoms with van der Waals surface area (Å²) in [5.41, 5.74) is 1.15. The molecule has 4 bridgehead atoms. The van der Waals surface area contributed by atoms with Gasteiger partial charge in [0, 0.05) is 6.20 Å². The summed E-state index contributed by atoms with van der Waals surface area (Å²) in [5.74, 6) is 2.51. The Bertz CT molecular complexity index is 521. The molecule has 5 rings (SSSR count). The molecule has 0 atom stereocenters. The first-order chi connectivity index (χ1) is 9.65. The average Bonchev–Trinajstić information content (AvgIpc) is 2.81. The van der Waals surface area contributed by atoms with Crippen LogP contribution in [0.2, 0.25) is 0 Å². The van der Waals surface area contributed by atoms with Crippen LogP contribution in [-0.2, 0) is 6.42 Å². The average molecular weight is 274 g/mol. The molecular formula is C16H22N2O2. The van der Waals surface area contributed by atoms with Crippen LogP contribution in [-0.4, -0.2) is 20.9 Å². The first-order valence-corrected chi connectivity index (χ1v) is 7.97. The molecule has 4 saturated carbocycles. The van der Waals surface area contributed by atoms with Crippen molar-refractivity contribution in [3.63, 3.8) is 0 Å². The highest BCUT2D eigenvalue weighted by molar-refractivity contribution is 5.88. The molecule has 0 amide bonds. The molecule has 4 aliphatic carbocycles. The van der Waals surface area contributed by atoms with E-state index in [0.29, 0.717) is 18.0 Å². The Kier molecular flexibility index (Phi) is 2.69. The van der Waals surface area contributed by atoms with Crippen LogP contribution >= 0.6 is 0 Å². The van der Waals surface area contributed by atoms with Gasteiger partial charge in [0.15, 0.2) is 0 Å². The number of aryl methyl sites for hydroxylation is 1. The molecule has 20 heavy (non-hydrogen) atoms. The minimum atomic E-state index is -0.836. The molecule has 0 aromatic carbocycles. The van der Waals surface area contributed by atoms with Crippen molar-refractivity contribution in [2.75, 3.05) is 0 Å². The number of nitrogens with zero attached hydrogens (tertiary/aromatic N) is 2. The van der Waals surface area contributed by atoms with Gasteiger partial charge in [0.1, 0.15) is 5.56 Å². The second kappa shape index (κ2) is 4.34. The van der Waals surface area contributed by atoms with E-state index in [2.05, 4.69) is 5.10 Å². The Morgan fingerprint density at radius 2 is 1.85 bits per heavy atom. The smallest absolute Gasteiger partial charge is 0.339 e. The fourth-order valence-corrected chi connectivity index (χ4v) is 5.35. The molecule has 1 heterocycles. The molecule has 108 valence electrons. The Labute approximate surface area is 119 Å². The number of rotatable bonds is 3. The zero-order chi connectivity index (χ0) is 13.9. The van der Waals surface area contributed by atoms with Crippen LogP contribution in [0.25, 0.3) is 0 Å². The lowest BCUT2D eigenvalue weighted by atomic mass is 9.54. The van der Waals surface area contributed by atoms with Crippen LogP contribution in [0.5, 0.6) is 0 Å². The highest BCUT2D eigenvalue weighted by Gasteiger charge is 2.49. The lowest BCUT2D eigenvalue weighted by molar-refractivity contribution is -0.0337. The van der Waals surface area contributed by atoms with Crippen LogP contribution in [0, 0.1) is 23.7 Å². The van der Waals surface area contributed by atoms with Crippen molar-refractivity contribution in [2.45, 2.75) is 51.5 Å². The lowest BCUT2D eigenvalue weighted by Crippen LogP contribution is -2.46. The zero-order valence-corrected chi connectivity index (χ0v) is 12.0. The lowest BCUT2D eigenvalue weighted by Gasteiger charge is -2.54. The van der Waals surface area contributed by atoms with Crippen LogP contribution in [0.3, 0.4) is 0 Å². The van der Waals surface area contributed by atoms with Crippen molar-refractivity contribution in [3.8, 4) is 0 Å². The molecule has 1 aromatic heterocycles. The maximum atomic E-state index is 11.3. The van der Waals surface area contributed by atoms with Crippen molar-refractivity contribution >= 4 is 5.97 Å². The first-order valence-electron chi connectivity index (χ1n) is 7.97. The summed E-state index contributed by atoms with van der Waals surface area (Å²) < 4.78 is 2.02. The van der Waals surface area contributed by atoms with Crippen molar-refractivity contribution in [2.24, 2.45) is 23.7 Å². The Balaban J connectivity index is 1.69. The number of carboxylic acids is 1. The van der Waals surface area contributed by atoms with E-state index in [-0.39, 0.29) is 0 Å². The van der Waals surface area contributed by atoms with E-state index in [0.717, 1.165) is 29.4 Å². The predicted molar refractivity (Wildman–Crippen MR) is 74.6 cm³/mol. The summed E-state index contributed by atoms with van der Waals surface area (Å²) in [7, 11) is 0. The zero-order valence-electron chi connectivity index (χ0n) is 12.0. The number of carbonyl (C=O) groups is 1. The molecule has 4 nitrogen and oxygen atoms in total. The van der Waals surface area contributed by atoms with Crippen LogP contribution in [0.15, 0.2) is 6.20 Å². The molecule has 0 spiro atoms. The Morgan fingerprint density at radius 3 is 2.30 bits per heavy atom. The summed E-state index contributed by atoms with van der Waals surface area (Å²) >= 11 is 0. The first kappa shape index (κ1) is 12.4. The fraction of sp³-hybridized carbons (Fsp3) is 0.750. The van der Waals surface area contributed by atoms with Gasteiger partial charge in [-0.25, -0.2) is 4.79 Å². The van der Waals surface area contributed by atoms with Gasteiger partial charge >= 0.3 is 5.97 Å². The van der Waals surface area contributed by atoms with Crippen molar-refractivity contribution in [1.82, 2.24) is 9.78 Å². The highest BCUT2D eigenvalue weighted by atomic mass is 16.4. The summed E-state index contributed by atoms with van der Waals surface area (Å²) in [6.07, 6.45) is 9.28. The monoisotopic (exact) mass is 274 g/mol. The Hall–Kier alpha value is -1.32. The molecule has 0 radical (unpaired) electrons. The molecule has 4 fully saturated rings. The standard InChI is InChI=1S/C16H22N2O2/c1-2-14-13(16(19)20)8-18(17-14)15-11-4-9-3-10(6-11)7-12(15)5-9/h8-12,15H,2-7H2,1H3,(H,19,20). The number of aromatic nitrogens is 2. The van der Waals surface area contributed by atoms with Gasteiger partial charge in [0.2, 0.25) is 0 Å². The Morgan fingerprint density at radius 1 is 1.25 bits per heavy atom. The fourth-order valence-electron chi connectivity index (χ4n) is 5.35. The van der Waals surface area contributed by atoms with E-state index in [1.54, 1.807) is 6.20 Å². The van der Waals surface area contributed by atoms with E-state index in [1.807, 2.05) is 11.6 Å². The third-order valence-electron chi connectivity index (χ3n) is 5.86. The van der Waals surface area contributed by atoms with E-state index in [4.69, 9.17) is 0 Å². The molecule has 4 aliphatic rings. The molecule has 4 heteroatoms. The summed E-state index contributed by atoms with van der Waals surface area (Å²) in [5, 5.41) is 13.9. The van der Waals surface area contributed by atoms with Gasteiger partial charge in [-0.05, 0) is 62.2 Å². The van der Waals surface area contributed by atoms with Crippen LogP contribution in [0.1, 0.15) is 61.1 Å². The molecular weight excluding hydrogens is 252 g/mol. The molecule has 1 N–H and O–H groups in total. The van der Waals surface area contributed by atoms with Gasteiger partial charge in [-0.15, -0.1) is 0 Å². The highest BCUT2D eigenvalue weighted by Crippen LogP contribution is 2.58. The summed E-state index contributed by atoms with van der Waals surface area (Å²) in [4.78, 5) is 11.3. The minimum Gasteiger partial charge on any atom is -0.478 e. The van der Waals surface area contributed by atoms with Crippen molar-refractivity contribution < 1.29 is 9.90 Å². The second-order valence-corrected chi connectivity index (χ2v) is 7.05. The molecule has 0 aliphatic heterocycles. The topological polar surface area (TPSA) is 55.1 Å².